The zero-order valence-corrected chi connectivity index (χ0v) is 11.5. The number of benzene rings is 1. The van der Waals surface area contributed by atoms with E-state index in [1.165, 1.54) is 0 Å². The number of nitrogens with zero attached hydrogens (tertiary/aromatic N) is 1. The highest BCUT2D eigenvalue weighted by Gasteiger charge is 2.01. The van der Waals surface area contributed by atoms with Gasteiger partial charge in [-0.15, -0.1) is 0 Å². The number of aromatic nitrogens is 1. The first-order valence-corrected chi connectivity index (χ1v) is 6.32. The Morgan fingerprint density at radius 3 is 2.50 bits per heavy atom. The maximum Gasteiger partial charge on any atom is 0.228 e. The van der Waals surface area contributed by atoms with Gasteiger partial charge in [0.25, 0.3) is 0 Å². The molecule has 0 spiro atoms. The molecule has 0 N–H and O–H groups in total. The van der Waals surface area contributed by atoms with Crippen LogP contribution in [0.2, 0.25) is 0 Å². The lowest BCUT2D eigenvalue weighted by molar-refractivity contribution is 0.292. The van der Waals surface area contributed by atoms with Gasteiger partial charge in [0.2, 0.25) is 5.88 Å². The molecule has 0 bridgehead atoms. The maximum absolute atomic E-state index is 5.59. The Morgan fingerprint density at radius 2 is 1.81 bits per heavy atom. The quantitative estimate of drug-likeness (QED) is 0.834. The minimum absolute atomic E-state index is 0.517. The predicted octanol–water partition coefficient (Wildman–Crippen LogP) is 4.19. The van der Waals surface area contributed by atoms with Gasteiger partial charge in [-0.2, -0.15) is 0 Å². The summed E-state index contributed by atoms with van der Waals surface area (Å²) in [4.78, 5) is 4.13. The van der Waals surface area contributed by atoms with Gasteiger partial charge >= 0.3 is 0 Å². The second-order valence-corrected chi connectivity index (χ2v) is 4.98. The fourth-order valence-electron chi connectivity index (χ4n) is 1.21. The van der Waals surface area contributed by atoms with E-state index in [9.17, 15) is 0 Å². The van der Waals surface area contributed by atoms with Crippen LogP contribution in [0.1, 0.15) is 5.56 Å². The first-order valence-electron chi connectivity index (χ1n) is 4.73. The van der Waals surface area contributed by atoms with E-state index in [1.54, 1.807) is 6.20 Å². The van der Waals surface area contributed by atoms with Crippen molar-refractivity contribution in [2.24, 2.45) is 0 Å². The largest absolute Gasteiger partial charge is 0.472 e. The average Bonchev–Trinajstić information content (AvgIpc) is 2.30. The monoisotopic (exact) mass is 341 g/mol. The Bertz CT molecular complexity index is 471. The molecule has 2 aromatic rings. The molecule has 1 aromatic carbocycles. The normalized spacial score (nSPS) is 10.1. The molecule has 0 radical (unpaired) electrons. The van der Waals surface area contributed by atoms with Gasteiger partial charge in [-0.3, -0.25) is 0 Å². The van der Waals surface area contributed by atoms with E-state index in [0.717, 1.165) is 14.5 Å². The zero-order valence-electron chi connectivity index (χ0n) is 8.36. The molecule has 2 rings (SSSR count). The van der Waals surface area contributed by atoms with E-state index in [-0.39, 0.29) is 0 Å². The molecule has 16 heavy (non-hydrogen) atoms. The van der Waals surface area contributed by atoms with Crippen LogP contribution in [0.25, 0.3) is 0 Å². The van der Waals surface area contributed by atoms with Gasteiger partial charge in [-0.1, -0.05) is 28.1 Å². The molecule has 0 fully saturated rings. The Kier molecular flexibility index (Phi) is 3.96. The highest BCUT2D eigenvalue weighted by atomic mass is 79.9. The average molecular weight is 343 g/mol. The lowest BCUT2D eigenvalue weighted by atomic mass is 10.2. The van der Waals surface area contributed by atoms with E-state index in [0.29, 0.717) is 12.5 Å². The lowest BCUT2D eigenvalue weighted by Gasteiger charge is -2.06. The van der Waals surface area contributed by atoms with Crippen molar-refractivity contribution in [3.8, 4) is 5.88 Å². The van der Waals surface area contributed by atoms with E-state index in [2.05, 4.69) is 36.8 Å². The van der Waals surface area contributed by atoms with Gasteiger partial charge in [-0.05, 0) is 45.8 Å². The predicted molar refractivity (Wildman–Crippen MR) is 70.4 cm³/mol. The molecule has 0 saturated carbocycles. The molecular weight excluding hydrogens is 334 g/mol. The second kappa shape index (κ2) is 5.46. The van der Waals surface area contributed by atoms with E-state index < -0.39 is 0 Å². The van der Waals surface area contributed by atoms with Crippen molar-refractivity contribution in [3.63, 3.8) is 0 Å². The summed E-state index contributed by atoms with van der Waals surface area (Å²) >= 11 is 6.78. The smallest absolute Gasteiger partial charge is 0.228 e. The Morgan fingerprint density at radius 1 is 1.06 bits per heavy atom. The van der Waals surface area contributed by atoms with Crippen LogP contribution in [0.3, 0.4) is 0 Å². The van der Waals surface area contributed by atoms with Crippen LogP contribution in [0.5, 0.6) is 5.88 Å². The summed E-state index contributed by atoms with van der Waals surface area (Å²) < 4.78 is 7.52. The van der Waals surface area contributed by atoms with Crippen molar-refractivity contribution >= 4 is 31.9 Å². The van der Waals surface area contributed by atoms with Crippen molar-refractivity contribution in [1.82, 2.24) is 4.98 Å². The molecular formula is C12H9Br2NO. The molecule has 4 heteroatoms. The third-order valence-electron chi connectivity index (χ3n) is 2.01. The molecule has 0 amide bonds. The fourth-order valence-corrected chi connectivity index (χ4v) is 1.84. The molecule has 1 aromatic heterocycles. The maximum atomic E-state index is 5.59. The van der Waals surface area contributed by atoms with E-state index in [4.69, 9.17) is 4.74 Å². The SMILES string of the molecule is Brc1ccc(COc2ncccc2Br)cc1. The molecule has 0 unspecified atom stereocenters. The van der Waals surface area contributed by atoms with Crippen LogP contribution in [0.4, 0.5) is 0 Å². The third-order valence-corrected chi connectivity index (χ3v) is 3.15. The minimum atomic E-state index is 0.517. The van der Waals surface area contributed by atoms with Crippen LogP contribution in [-0.2, 0) is 6.61 Å². The Balaban J connectivity index is 2.02. The van der Waals surface area contributed by atoms with Crippen LogP contribution < -0.4 is 4.74 Å². The van der Waals surface area contributed by atoms with Crippen molar-refractivity contribution in [2.45, 2.75) is 6.61 Å². The first kappa shape index (κ1) is 11.6. The number of rotatable bonds is 3. The third kappa shape index (κ3) is 3.06. The van der Waals surface area contributed by atoms with Crippen LogP contribution in [-0.4, -0.2) is 4.98 Å². The van der Waals surface area contributed by atoms with Gasteiger partial charge < -0.3 is 4.74 Å². The standard InChI is InChI=1S/C12H9Br2NO/c13-10-5-3-9(4-6-10)8-16-12-11(14)2-1-7-15-12/h1-7H,8H2. The lowest BCUT2D eigenvalue weighted by Crippen LogP contribution is -1.97. The summed E-state index contributed by atoms with van der Waals surface area (Å²) in [6.07, 6.45) is 1.71. The number of pyridine rings is 1. The van der Waals surface area contributed by atoms with Crippen molar-refractivity contribution in [2.75, 3.05) is 0 Å². The molecule has 0 atom stereocenters. The molecule has 0 aliphatic carbocycles. The number of hydrogen-bond acceptors (Lipinski definition) is 2. The van der Waals surface area contributed by atoms with Crippen molar-refractivity contribution < 1.29 is 4.74 Å². The van der Waals surface area contributed by atoms with Crippen molar-refractivity contribution in [1.29, 1.82) is 0 Å². The molecule has 0 aliphatic heterocycles. The molecule has 0 saturated heterocycles. The van der Waals surface area contributed by atoms with Crippen LogP contribution in [0.15, 0.2) is 51.5 Å². The van der Waals surface area contributed by atoms with Gasteiger partial charge in [0.1, 0.15) is 6.61 Å². The highest BCUT2D eigenvalue weighted by Crippen LogP contribution is 2.22. The molecule has 2 nitrogen and oxygen atoms in total. The number of hydrogen-bond donors (Lipinski definition) is 0. The van der Waals surface area contributed by atoms with Crippen LogP contribution >= 0.6 is 31.9 Å². The van der Waals surface area contributed by atoms with Gasteiger partial charge in [0, 0.05) is 10.7 Å². The highest BCUT2D eigenvalue weighted by molar-refractivity contribution is 9.10. The molecule has 82 valence electrons. The Labute approximate surface area is 111 Å². The molecule has 0 aliphatic rings. The fraction of sp³-hybridized carbons (Fsp3) is 0.0833. The summed E-state index contributed by atoms with van der Waals surface area (Å²) in [5.41, 5.74) is 1.11. The van der Waals surface area contributed by atoms with Crippen molar-refractivity contribution in [3.05, 3.63) is 57.1 Å². The molecule has 1 heterocycles. The summed E-state index contributed by atoms with van der Waals surface area (Å²) in [5, 5.41) is 0. The van der Waals surface area contributed by atoms with Gasteiger partial charge in [-0.25, -0.2) is 4.98 Å². The van der Waals surface area contributed by atoms with Crippen LogP contribution in [0, 0.1) is 0 Å². The Hall–Kier alpha value is -0.870. The summed E-state index contributed by atoms with van der Waals surface area (Å²) in [6, 6.07) is 11.8. The number of halogens is 2. The zero-order chi connectivity index (χ0) is 11.4. The minimum Gasteiger partial charge on any atom is -0.472 e. The summed E-state index contributed by atoms with van der Waals surface area (Å²) in [6.45, 7) is 0.517. The van der Waals surface area contributed by atoms with Gasteiger partial charge in [0.15, 0.2) is 0 Å². The number of ether oxygens (including phenoxy) is 1. The second-order valence-electron chi connectivity index (χ2n) is 3.21. The first-order chi connectivity index (χ1) is 7.75. The van der Waals surface area contributed by atoms with E-state index in [1.807, 2.05) is 36.4 Å². The topological polar surface area (TPSA) is 22.1 Å². The van der Waals surface area contributed by atoms with Gasteiger partial charge in [0.05, 0.1) is 4.47 Å². The van der Waals surface area contributed by atoms with E-state index >= 15 is 0 Å². The summed E-state index contributed by atoms with van der Waals surface area (Å²) in [7, 11) is 0. The summed E-state index contributed by atoms with van der Waals surface area (Å²) in [5.74, 6) is 0.616.